The molecule has 0 bridgehead atoms. The van der Waals surface area contributed by atoms with Crippen LogP contribution >= 0.6 is 23.5 Å². The Bertz CT molecular complexity index is 3060. The summed E-state index contributed by atoms with van der Waals surface area (Å²) in [5.41, 5.74) is 1.29. The normalized spacial score (nSPS) is 18.4. The molecule has 0 saturated carbocycles. The van der Waals surface area contributed by atoms with Gasteiger partial charge in [0.15, 0.2) is 17.2 Å². The number of hydrogen-bond acceptors (Lipinski definition) is 20. The number of halogens is 1. The number of aromatic nitrogens is 2. The molecule has 8 N–H and O–H groups in total. The van der Waals surface area contributed by atoms with E-state index in [-0.39, 0.29) is 75.1 Å². The van der Waals surface area contributed by atoms with Crippen LogP contribution in [0.5, 0.6) is 0 Å². The van der Waals surface area contributed by atoms with Gasteiger partial charge in [-0.2, -0.15) is 23.5 Å². The van der Waals surface area contributed by atoms with Crippen LogP contribution in [-0.4, -0.2) is 183 Å². The maximum absolute atomic E-state index is 15.0. The minimum Gasteiger partial charge on any atom is -0.458 e. The summed E-state index contributed by atoms with van der Waals surface area (Å²) in [4.78, 5) is 137. The van der Waals surface area contributed by atoms with Gasteiger partial charge in [-0.25, -0.2) is 14.2 Å². The maximum atomic E-state index is 15.0. The van der Waals surface area contributed by atoms with Gasteiger partial charge in [-0.15, -0.1) is 0 Å². The SMILES string of the molecule is CC[C@@]1(O)C(=O)OCc2c1cc1n(c2=O)Cc2c-1nc1cc(F)c(C)cc1c2CSCCSCCC(=O)[C@H](C)NC(=O)[C@H](C)CC(=O)[C@H](C)NC(=O)[C@H](CCC(=O)N(C)C[C@H](O)[C@@H](O)[C@H](O)[C@H](O)CO)CC(=O)CCN1C(=O)C=CC1=O. The molecule has 0 radical (unpaired) electrons. The monoisotopic (exact) mass is 1180 g/mol. The van der Waals surface area contributed by atoms with Crippen LogP contribution in [0.3, 0.4) is 0 Å². The standard InChI is InChI=1S/C56H71FN6O17S2/c1-7-56(79)38-21-41-49-35(23-63(41)54(77)36(38)26-80-55(56)78)37(34-18-28(2)39(57)22-40(34)60-49)27-82-17-16-81-15-13-42(66)30(4)58-52(75)29(3)19-43(67)31(5)59-53(76)32(20-33(65)12-14-62-47(71)10-11-48(62)72)8-9-46(70)61(6)24-44(68)50(73)51(74)45(69)25-64/h10-11,18,21-22,29-32,44-45,50-51,64,68-69,73-74,79H,7-9,12-17,19-20,23-27H2,1-6H3,(H,58,75)(H,59,76)/t29-,30+,31+,32-,44+,45-,50-,51-,56+/m1/s1. The number of ketones is 3. The Kier molecular flexibility index (Phi) is 22.4. The molecule has 1 aromatic carbocycles. The molecule has 5 amide bonds. The predicted molar refractivity (Wildman–Crippen MR) is 298 cm³/mol. The molecule has 0 unspecified atom stereocenters. The molecule has 0 saturated heterocycles. The maximum Gasteiger partial charge on any atom is 0.343 e. The zero-order valence-corrected chi connectivity index (χ0v) is 48.1. The zero-order chi connectivity index (χ0) is 60.5. The van der Waals surface area contributed by atoms with Gasteiger partial charge in [0.2, 0.25) is 17.7 Å². The number of cyclic esters (lactones) is 1. The van der Waals surface area contributed by atoms with E-state index in [1.807, 2.05) is 0 Å². The third-order valence-corrected chi connectivity index (χ3v) is 17.3. The lowest BCUT2D eigenvalue weighted by molar-refractivity contribution is -0.172. The highest BCUT2D eigenvalue weighted by atomic mass is 32.2. The Morgan fingerprint density at radius 1 is 0.841 bits per heavy atom. The Morgan fingerprint density at radius 2 is 1.49 bits per heavy atom. The molecule has 3 aromatic rings. The van der Waals surface area contributed by atoms with Crippen LogP contribution in [0.4, 0.5) is 4.39 Å². The van der Waals surface area contributed by atoms with Gasteiger partial charge < -0.3 is 55.5 Å². The summed E-state index contributed by atoms with van der Waals surface area (Å²) in [6.45, 7) is 5.85. The van der Waals surface area contributed by atoms with E-state index in [1.165, 1.54) is 45.6 Å². The number of carbonyl (C=O) groups is 9. The lowest BCUT2D eigenvalue weighted by atomic mass is 9.86. The molecule has 26 heteroatoms. The number of fused-ring (bicyclic) bond motifs is 5. The van der Waals surface area contributed by atoms with Gasteiger partial charge in [0, 0.05) is 122 Å². The van der Waals surface area contributed by atoms with Crippen molar-refractivity contribution in [1.82, 2.24) is 30.0 Å². The number of esters is 1. The van der Waals surface area contributed by atoms with Gasteiger partial charge >= 0.3 is 5.97 Å². The van der Waals surface area contributed by atoms with Gasteiger partial charge in [-0.1, -0.05) is 13.8 Å². The van der Waals surface area contributed by atoms with Gasteiger partial charge in [0.25, 0.3) is 17.4 Å². The van der Waals surface area contributed by atoms with E-state index in [0.717, 1.165) is 38.5 Å². The number of thioether (sulfide) groups is 2. The van der Waals surface area contributed by atoms with Crippen molar-refractivity contribution in [2.45, 2.75) is 141 Å². The first-order valence-electron chi connectivity index (χ1n) is 26.9. The largest absolute Gasteiger partial charge is 0.458 e. The molecular weight excluding hydrogens is 1110 g/mol. The Balaban J connectivity index is 0.967. The highest BCUT2D eigenvalue weighted by Gasteiger charge is 2.46. The number of hydrogen-bond donors (Lipinski definition) is 8. The van der Waals surface area contributed by atoms with Crippen LogP contribution in [0.2, 0.25) is 0 Å². The summed E-state index contributed by atoms with van der Waals surface area (Å²) in [6, 6.07) is 2.63. The van der Waals surface area contributed by atoms with Gasteiger partial charge in [-0.3, -0.25) is 48.1 Å². The number of ether oxygens (including phenoxy) is 1. The van der Waals surface area contributed by atoms with Gasteiger partial charge in [0.1, 0.15) is 42.6 Å². The molecule has 3 aliphatic rings. The van der Waals surface area contributed by atoms with Crippen molar-refractivity contribution >= 4 is 87.3 Å². The third kappa shape index (κ3) is 15.1. The summed E-state index contributed by atoms with van der Waals surface area (Å²) in [6.07, 6.45) is -6.97. The molecule has 9 atom stereocenters. The zero-order valence-electron chi connectivity index (χ0n) is 46.5. The number of pyridine rings is 2. The number of aliphatic hydroxyl groups is 6. The first-order chi connectivity index (χ1) is 38.7. The van der Waals surface area contributed by atoms with Crippen LogP contribution in [0.15, 0.2) is 35.1 Å². The van der Waals surface area contributed by atoms with Crippen LogP contribution < -0.4 is 16.2 Å². The average Bonchev–Trinajstić information content (AvgIpc) is 4.13. The second-order valence-corrected chi connectivity index (χ2v) is 23.3. The fourth-order valence-electron chi connectivity index (χ4n) is 9.79. The van der Waals surface area contributed by atoms with Crippen molar-refractivity contribution in [3.8, 4) is 11.4 Å². The van der Waals surface area contributed by atoms with Crippen molar-refractivity contribution < 1.29 is 82.9 Å². The Morgan fingerprint density at radius 3 is 2.16 bits per heavy atom. The third-order valence-electron chi connectivity index (χ3n) is 15.1. The summed E-state index contributed by atoms with van der Waals surface area (Å²) >= 11 is 3.14. The molecule has 3 aliphatic heterocycles. The summed E-state index contributed by atoms with van der Waals surface area (Å²) in [5, 5.41) is 66.4. The molecule has 446 valence electrons. The number of amides is 5. The van der Waals surface area contributed by atoms with Gasteiger partial charge in [0.05, 0.1) is 47.7 Å². The van der Waals surface area contributed by atoms with Crippen LogP contribution in [-0.2, 0) is 72.4 Å². The minimum absolute atomic E-state index is 0.0163. The highest BCUT2D eigenvalue weighted by Crippen LogP contribution is 2.41. The second-order valence-electron chi connectivity index (χ2n) is 21.0. The molecular formula is C56H71FN6O17S2. The molecule has 6 rings (SSSR count). The number of rotatable bonds is 31. The predicted octanol–water partition coefficient (Wildman–Crippen LogP) is 0.622. The number of likely N-dealkylation sites (N-methyl/N-ethyl adjacent to an activating group) is 1. The average molecular weight is 1180 g/mol. The highest BCUT2D eigenvalue weighted by molar-refractivity contribution is 8.02. The van der Waals surface area contributed by atoms with E-state index in [4.69, 9.17) is 14.8 Å². The van der Waals surface area contributed by atoms with E-state index in [1.54, 1.807) is 42.3 Å². The van der Waals surface area contributed by atoms with E-state index >= 15 is 0 Å². The molecule has 2 aromatic heterocycles. The van der Waals surface area contributed by atoms with E-state index in [0.29, 0.717) is 45.5 Å². The molecule has 0 aliphatic carbocycles. The topological polar surface area (TPSA) is 350 Å². The Hall–Kier alpha value is -6.26. The number of carbonyl (C=O) groups excluding carboxylic acids is 9. The first kappa shape index (κ1) is 64.9. The van der Waals surface area contributed by atoms with Crippen LogP contribution in [0.25, 0.3) is 22.3 Å². The lowest BCUT2D eigenvalue weighted by Gasteiger charge is -2.31. The smallest absolute Gasteiger partial charge is 0.343 e. The van der Waals surface area contributed by atoms with Crippen molar-refractivity contribution in [1.29, 1.82) is 0 Å². The number of nitrogens with zero attached hydrogens (tertiary/aromatic N) is 4. The second kappa shape index (κ2) is 28.3. The van der Waals surface area contributed by atoms with E-state index < -0.39 is 132 Å². The number of imide groups is 1. The van der Waals surface area contributed by atoms with E-state index in [2.05, 4.69) is 10.6 Å². The molecule has 5 heterocycles. The lowest BCUT2D eigenvalue weighted by Crippen LogP contribution is -2.50. The van der Waals surface area contributed by atoms with Crippen molar-refractivity contribution in [2.24, 2.45) is 11.8 Å². The number of nitrogens with one attached hydrogen (secondary N) is 2. The van der Waals surface area contributed by atoms with Crippen molar-refractivity contribution in [2.75, 3.05) is 44.0 Å². The molecule has 23 nitrogen and oxygen atoms in total. The fraction of sp³-hybridized carbons (Fsp3) is 0.554. The molecule has 0 spiro atoms. The number of aryl methyl sites for hydroxylation is 1. The summed E-state index contributed by atoms with van der Waals surface area (Å²) in [5.74, 6) is -5.82. The fourth-order valence-corrected chi connectivity index (χ4v) is 12.0. The molecule has 0 fully saturated rings. The number of benzene rings is 1. The summed E-state index contributed by atoms with van der Waals surface area (Å²) in [7, 11) is 1.26. The van der Waals surface area contributed by atoms with E-state index in [9.17, 15) is 77.9 Å². The quantitative estimate of drug-likeness (QED) is 0.0195. The van der Waals surface area contributed by atoms with Crippen LogP contribution in [0.1, 0.15) is 100 Å². The van der Waals surface area contributed by atoms with Gasteiger partial charge in [-0.05, 0) is 56.9 Å². The molecule has 82 heavy (non-hydrogen) atoms. The van der Waals surface area contributed by atoms with Crippen molar-refractivity contribution in [3.63, 3.8) is 0 Å². The van der Waals surface area contributed by atoms with Crippen molar-refractivity contribution in [3.05, 3.63) is 74.3 Å². The minimum atomic E-state index is -2.00. The Labute approximate surface area is 480 Å². The number of Topliss-reactive ketones (excluding diaryl/α,β-unsaturated/α-hetero) is 3. The summed E-state index contributed by atoms with van der Waals surface area (Å²) < 4.78 is 21.7. The number of aliphatic hydroxyl groups excluding tert-OH is 5. The van der Waals surface area contributed by atoms with Crippen LogP contribution in [0, 0.1) is 24.6 Å². The first-order valence-corrected chi connectivity index (χ1v) is 29.3.